The normalized spacial score (nSPS) is 11.0. The lowest BCUT2D eigenvalue weighted by Crippen LogP contribution is -2.03. The SMILES string of the molecule is N#Cc1ccc(-c2ccc3c(c2)nc(-c2ccc(-c4c(F)c(C#N)c(F)c(C#N)c4F)cc2)c2ccc4nsnc4c23)cc1. The standard InChI is InChI=1S/C34H13F3N6S/c35-30-24(15-39)31(36)28(32(37)25(30)16-40)19-5-7-20(8-6-19)33-23-11-12-26-34(43-44-42-26)29(23)22-10-9-21(13-27(22)41-33)18-3-1-17(14-38)2-4-18/h1-13H. The van der Waals surface area contributed by atoms with Crippen LogP contribution < -0.4 is 0 Å². The number of pyridine rings is 1. The maximum Gasteiger partial charge on any atom is 0.164 e. The van der Waals surface area contributed by atoms with Gasteiger partial charge in [-0.1, -0.05) is 48.5 Å². The predicted molar refractivity (Wildman–Crippen MR) is 161 cm³/mol. The molecule has 44 heavy (non-hydrogen) atoms. The van der Waals surface area contributed by atoms with Crippen molar-refractivity contribution in [2.24, 2.45) is 0 Å². The summed E-state index contributed by atoms with van der Waals surface area (Å²) in [5.41, 5.74) is 2.99. The maximum absolute atomic E-state index is 15.1. The first kappa shape index (κ1) is 26.7. The van der Waals surface area contributed by atoms with E-state index in [0.29, 0.717) is 27.9 Å². The van der Waals surface area contributed by atoms with Gasteiger partial charge in [0, 0.05) is 21.7 Å². The smallest absolute Gasteiger partial charge is 0.164 e. The monoisotopic (exact) mass is 594 g/mol. The van der Waals surface area contributed by atoms with Crippen LogP contribution in [0.4, 0.5) is 13.2 Å². The molecular formula is C34H13F3N6S. The van der Waals surface area contributed by atoms with Crippen molar-refractivity contribution in [2.75, 3.05) is 0 Å². The molecule has 0 fully saturated rings. The molecule has 7 rings (SSSR count). The van der Waals surface area contributed by atoms with Crippen LogP contribution in [0, 0.1) is 51.4 Å². The van der Waals surface area contributed by atoms with E-state index < -0.39 is 34.1 Å². The minimum atomic E-state index is -1.53. The Hall–Kier alpha value is -6.15. The zero-order valence-corrected chi connectivity index (χ0v) is 23.0. The van der Waals surface area contributed by atoms with E-state index >= 15 is 8.78 Å². The van der Waals surface area contributed by atoms with Gasteiger partial charge in [-0.3, -0.25) is 0 Å². The van der Waals surface area contributed by atoms with Gasteiger partial charge in [-0.25, -0.2) is 18.2 Å². The number of nitriles is 3. The molecule has 0 bridgehead atoms. The Kier molecular flexibility index (Phi) is 6.25. The molecule has 0 saturated heterocycles. The molecule has 0 aliphatic carbocycles. The fourth-order valence-corrected chi connectivity index (χ4v) is 5.93. The van der Waals surface area contributed by atoms with E-state index in [1.807, 2.05) is 42.5 Å². The second kappa shape index (κ2) is 10.3. The first-order valence-corrected chi connectivity index (χ1v) is 13.8. The maximum atomic E-state index is 15.1. The summed E-state index contributed by atoms with van der Waals surface area (Å²) in [7, 11) is 0. The zero-order valence-electron chi connectivity index (χ0n) is 22.2. The third-order valence-electron chi connectivity index (χ3n) is 7.52. The number of rotatable bonds is 3. The molecule has 0 saturated carbocycles. The Morgan fingerprint density at radius 1 is 0.568 bits per heavy atom. The van der Waals surface area contributed by atoms with Crippen molar-refractivity contribution >= 4 is 44.4 Å². The summed E-state index contributed by atoms with van der Waals surface area (Å²) in [6, 6.07) is 27.9. The molecule has 0 unspecified atom stereocenters. The molecule has 0 atom stereocenters. The fraction of sp³-hybridized carbons (Fsp3) is 0. The average Bonchev–Trinajstić information content (AvgIpc) is 3.54. The second-order valence-corrected chi connectivity index (χ2v) is 10.4. The number of hydrogen-bond acceptors (Lipinski definition) is 7. The summed E-state index contributed by atoms with van der Waals surface area (Å²) in [5, 5.41) is 30.2. The average molecular weight is 595 g/mol. The van der Waals surface area contributed by atoms with E-state index in [1.165, 1.54) is 24.3 Å². The van der Waals surface area contributed by atoms with Crippen LogP contribution in [0.2, 0.25) is 0 Å². The highest BCUT2D eigenvalue weighted by atomic mass is 32.1. The molecule has 0 spiro atoms. The van der Waals surface area contributed by atoms with Crippen molar-refractivity contribution in [3.63, 3.8) is 0 Å². The van der Waals surface area contributed by atoms with E-state index in [2.05, 4.69) is 14.8 Å². The lowest BCUT2D eigenvalue weighted by Gasteiger charge is -2.13. The van der Waals surface area contributed by atoms with Crippen LogP contribution >= 0.6 is 11.7 Å². The third-order valence-corrected chi connectivity index (χ3v) is 8.06. The molecule has 0 radical (unpaired) electrons. The van der Waals surface area contributed by atoms with Crippen molar-refractivity contribution < 1.29 is 13.2 Å². The summed E-state index contributed by atoms with van der Waals surface area (Å²) in [6.07, 6.45) is 0. The van der Waals surface area contributed by atoms with Gasteiger partial charge >= 0.3 is 0 Å². The molecule has 206 valence electrons. The lowest BCUT2D eigenvalue weighted by atomic mass is 9.94. The number of benzene rings is 5. The van der Waals surface area contributed by atoms with Gasteiger partial charge in [-0.05, 0) is 47.0 Å². The van der Waals surface area contributed by atoms with Crippen LogP contribution in [0.3, 0.4) is 0 Å². The number of halogens is 3. The molecule has 0 N–H and O–H groups in total. The van der Waals surface area contributed by atoms with Gasteiger partial charge in [0.05, 0.1) is 40.1 Å². The van der Waals surface area contributed by atoms with Crippen molar-refractivity contribution in [1.82, 2.24) is 13.7 Å². The van der Waals surface area contributed by atoms with Crippen LogP contribution in [0.5, 0.6) is 0 Å². The molecule has 0 aliphatic rings. The highest BCUT2D eigenvalue weighted by Gasteiger charge is 2.26. The van der Waals surface area contributed by atoms with Gasteiger partial charge in [0.15, 0.2) is 17.5 Å². The minimum Gasteiger partial charge on any atom is -0.247 e. The molecule has 2 aromatic heterocycles. The van der Waals surface area contributed by atoms with Crippen molar-refractivity contribution in [3.05, 3.63) is 113 Å². The molecule has 0 amide bonds. The van der Waals surface area contributed by atoms with Crippen molar-refractivity contribution in [3.8, 4) is 51.7 Å². The summed E-state index contributed by atoms with van der Waals surface area (Å²) < 4.78 is 53.5. The Morgan fingerprint density at radius 3 is 1.84 bits per heavy atom. The topological polar surface area (TPSA) is 110 Å². The Labute approximate surface area is 251 Å². The Bertz CT molecular complexity index is 2410. The molecule has 7 aromatic rings. The van der Waals surface area contributed by atoms with Crippen molar-refractivity contribution in [2.45, 2.75) is 0 Å². The summed E-state index contributed by atoms with van der Waals surface area (Å²) in [4.78, 5) is 5.01. The molecule has 10 heteroatoms. The highest BCUT2D eigenvalue weighted by molar-refractivity contribution is 7.00. The van der Waals surface area contributed by atoms with E-state index in [0.717, 1.165) is 44.5 Å². The fourth-order valence-electron chi connectivity index (χ4n) is 5.38. The van der Waals surface area contributed by atoms with E-state index in [-0.39, 0.29) is 5.56 Å². The molecule has 6 nitrogen and oxygen atoms in total. The van der Waals surface area contributed by atoms with Crippen LogP contribution in [-0.2, 0) is 0 Å². The molecule has 5 aromatic carbocycles. The van der Waals surface area contributed by atoms with Crippen LogP contribution in [-0.4, -0.2) is 13.7 Å². The quantitative estimate of drug-likeness (QED) is 0.190. The summed E-state index contributed by atoms with van der Waals surface area (Å²) >= 11 is 1.10. The molecular weight excluding hydrogens is 581 g/mol. The first-order valence-electron chi connectivity index (χ1n) is 13.0. The van der Waals surface area contributed by atoms with Gasteiger partial charge in [0.1, 0.15) is 34.3 Å². The Balaban J connectivity index is 1.44. The van der Waals surface area contributed by atoms with E-state index in [1.54, 1.807) is 24.3 Å². The van der Waals surface area contributed by atoms with Gasteiger partial charge in [0.25, 0.3) is 0 Å². The highest BCUT2D eigenvalue weighted by Crippen LogP contribution is 2.39. The molecule has 2 heterocycles. The third kappa shape index (κ3) is 4.04. The molecule has 0 aliphatic heterocycles. The largest absolute Gasteiger partial charge is 0.247 e. The second-order valence-electron chi connectivity index (χ2n) is 9.87. The van der Waals surface area contributed by atoms with Gasteiger partial charge in [-0.15, -0.1) is 0 Å². The van der Waals surface area contributed by atoms with Gasteiger partial charge in [-0.2, -0.15) is 24.5 Å². The summed E-state index contributed by atoms with van der Waals surface area (Å²) in [5.74, 6) is -4.28. The summed E-state index contributed by atoms with van der Waals surface area (Å²) in [6.45, 7) is 0. The first-order chi connectivity index (χ1) is 21.4. The van der Waals surface area contributed by atoms with Gasteiger partial charge in [0.2, 0.25) is 0 Å². The van der Waals surface area contributed by atoms with Crippen LogP contribution in [0.15, 0.2) is 78.9 Å². The van der Waals surface area contributed by atoms with Crippen molar-refractivity contribution in [1.29, 1.82) is 15.8 Å². The lowest BCUT2D eigenvalue weighted by molar-refractivity contribution is 0.539. The number of hydrogen-bond donors (Lipinski definition) is 0. The predicted octanol–water partition coefficient (Wildman–Crippen LogP) is 8.43. The number of aromatic nitrogens is 3. The van der Waals surface area contributed by atoms with E-state index in [9.17, 15) is 14.9 Å². The Morgan fingerprint density at radius 2 is 1.18 bits per heavy atom. The zero-order chi connectivity index (χ0) is 30.5. The van der Waals surface area contributed by atoms with Crippen LogP contribution in [0.1, 0.15) is 16.7 Å². The van der Waals surface area contributed by atoms with Crippen LogP contribution in [0.25, 0.3) is 66.2 Å². The minimum absolute atomic E-state index is 0.0241. The van der Waals surface area contributed by atoms with E-state index in [4.69, 9.17) is 10.2 Å². The van der Waals surface area contributed by atoms with Gasteiger partial charge < -0.3 is 0 Å². The number of fused-ring (bicyclic) bond motifs is 5. The number of nitrogens with zero attached hydrogens (tertiary/aromatic N) is 6.